The van der Waals surface area contributed by atoms with Crippen molar-refractivity contribution in [2.24, 2.45) is 0 Å². The molecule has 178 valence electrons. The number of amides is 1. The first-order valence-corrected chi connectivity index (χ1v) is 11.9. The second-order valence-corrected chi connectivity index (χ2v) is 8.66. The molecule has 0 aliphatic carbocycles. The van der Waals surface area contributed by atoms with Crippen LogP contribution in [0.15, 0.2) is 90.8 Å². The van der Waals surface area contributed by atoms with Gasteiger partial charge in [0.25, 0.3) is 0 Å². The molecule has 0 saturated heterocycles. The predicted molar refractivity (Wildman–Crippen MR) is 142 cm³/mol. The van der Waals surface area contributed by atoms with E-state index >= 15 is 0 Å². The number of aromatic nitrogens is 2. The minimum absolute atomic E-state index is 0.0937. The van der Waals surface area contributed by atoms with E-state index < -0.39 is 0 Å². The Hall–Kier alpha value is -4.63. The van der Waals surface area contributed by atoms with Crippen molar-refractivity contribution in [3.8, 4) is 17.6 Å². The van der Waals surface area contributed by atoms with Crippen molar-refractivity contribution in [2.75, 3.05) is 18.2 Å². The van der Waals surface area contributed by atoms with E-state index in [0.29, 0.717) is 24.7 Å². The van der Waals surface area contributed by atoms with Crippen molar-refractivity contribution in [3.05, 3.63) is 102 Å². The third kappa shape index (κ3) is 5.21. The van der Waals surface area contributed by atoms with E-state index in [0.717, 1.165) is 39.7 Å². The molecule has 1 aliphatic heterocycles. The first kappa shape index (κ1) is 23.1. The summed E-state index contributed by atoms with van der Waals surface area (Å²) >= 11 is 0. The number of carbonyl (C=O) groups is 1. The molecule has 1 aromatic heterocycles. The molecule has 0 radical (unpaired) electrons. The Bertz CT molecular complexity index is 1500. The summed E-state index contributed by atoms with van der Waals surface area (Å²) in [6, 6.07) is 23.7. The van der Waals surface area contributed by atoms with Gasteiger partial charge in [-0.15, -0.1) is 0 Å². The van der Waals surface area contributed by atoms with Crippen molar-refractivity contribution in [1.82, 2.24) is 14.9 Å². The molecule has 0 N–H and O–H groups in total. The van der Waals surface area contributed by atoms with Crippen LogP contribution in [0, 0.1) is 18.8 Å². The van der Waals surface area contributed by atoms with Crippen LogP contribution in [0.25, 0.3) is 10.9 Å². The van der Waals surface area contributed by atoms with Gasteiger partial charge in [-0.2, -0.15) is 5.06 Å². The highest BCUT2D eigenvalue weighted by Gasteiger charge is 2.18. The van der Waals surface area contributed by atoms with Gasteiger partial charge in [0.05, 0.1) is 11.2 Å². The van der Waals surface area contributed by atoms with Crippen molar-refractivity contribution in [1.29, 1.82) is 0 Å². The molecule has 0 fully saturated rings. The second-order valence-electron chi connectivity index (χ2n) is 8.66. The average Bonchev–Trinajstić information content (AvgIpc) is 2.91. The normalized spacial score (nSPS) is 12.9. The highest BCUT2D eigenvalue weighted by molar-refractivity contribution is 5.92. The Morgan fingerprint density at radius 1 is 1.00 bits per heavy atom. The fourth-order valence-electron chi connectivity index (χ4n) is 4.06. The Kier molecular flexibility index (Phi) is 6.63. The number of nitrogens with zero attached hydrogens (tertiary/aromatic N) is 4. The van der Waals surface area contributed by atoms with Crippen LogP contribution >= 0.6 is 0 Å². The van der Waals surface area contributed by atoms with Crippen molar-refractivity contribution in [2.45, 2.75) is 20.3 Å². The fourth-order valence-corrected chi connectivity index (χ4v) is 4.06. The van der Waals surface area contributed by atoms with Crippen LogP contribution < -0.4 is 9.90 Å². The highest BCUT2D eigenvalue weighted by atomic mass is 16.7. The topological polar surface area (TPSA) is 58.6 Å². The molecule has 4 aromatic rings. The van der Waals surface area contributed by atoms with Crippen LogP contribution in [0.3, 0.4) is 0 Å². The summed E-state index contributed by atoms with van der Waals surface area (Å²) in [4.78, 5) is 28.8. The summed E-state index contributed by atoms with van der Waals surface area (Å²) < 4.78 is 0. The minimum Gasteiger partial charge on any atom is -0.373 e. The SMILES string of the molecule is CC(=O)N1CC=C(C#Cc2ccc3ncnc(N(Oc4cccc(C)c4)c4ccccc4)c3c2)CC1. The van der Waals surface area contributed by atoms with E-state index in [1.54, 1.807) is 18.3 Å². The van der Waals surface area contributed by atoms with Gasteiger partial charge < -0.3 is 9.74 Å². The molecule has 6 heteroatoms. The van der Waals surface area contributed by atoms with E-state index in [1.807, 2.05) is 90.7 Å². The summed E-state index contributed by atoms with van der Waals surface area (Å²) in [5.41, 5.74) is 4.66. The summed E-state index contributed by atoms with van der Waals surface area (Å²) in [5, 5.41) is 2.57. The van der Waals surface area contributed by atoms with E-state index in [2.05, 4.69) is 21.8 Å². The fraction of sp³-hybridized carbons (Fsp3) is 0.167. The smallest absolute Gasteiger partial charge is 0.219 e. The number of benzene rings is 3. The molecule has 1 aliphatic rings. The maximum absolute atomic E-state index is 11.6. The van der Waals surface area contributed by atoms with E-state index in [1.165, 1.54) is 0 Å². The lowest BCUT2D eigenvalue weighted by Crippen LogP contribution is -2.32. The van der Waals surface area contributed by atoms with Crippen LogP contribution in [-0.2, 0) is 4.79 Å². The molecule has 2 heterocycles. The summed E-state index contributed by atoms with van der Waals surface area (Å²) in [7, 11) is 0. The van der Waals surface area contributed by atoms with Gasteiger partial charge in [0.15, 0.2) is 11.6 Å². The standard InChI is InChI=1S/C30H26N4O2/c1-22-7-6-10-27(19-22)36-34(26-8-4-3-5-9-26)30-28-20-25(13-14-29(28)31-21-32-30)12-11-24-15-17-33(18-16-24)23(2)35/h3-10,13-15,19-21H,16-18H2,1-2H3. The third-order valence-electron chi connectivity index (χ3n) is 6.01. The maximum Gasteiger partial charge on any atom is 0.219 e. The Morgan fingerprint density at radius 2 is 1.86 bits per heavy atom. The number of anilines is 2. The van der Waals surface area contributed by atoms with E-state index in [-0.39, 0.29) is 5.91 Å². The Labute approximate surface area is 210 Å². The zero-order chi connectivity index (χ0) is 24.9. The largest absolute Gasteiger partial charge is 0.373 e. The lowest BCUT2D eigenvalue weighted by molar-refractivity contribution is -0.128. The van der Waals surface area contributed by atoms with Gasteiger partial charge in [-0.05, 0) is 61.4 Å². The lowest BCUT2D eigenvalue weighted by atomic mass is 10.1. The molecule has 0 spiro atoms. The molecule has 0 unspecified atom stereocenters. The number of fused-ring (bicyclic) bond motifs is 1. The van der Waals surface area contributed by atoms with Crippen LogP contribution in [0.5, 0.6) is 5.75 Å². The molecule has 36 heavy (non-hydrogen) atoms. The number of carbonyl (C=O) groups excluding carboxylic acids is 1. The third-order valence-corrected chi connectivity index (χ3v) is 6.01. The van der Waals surface area contributed by atoms with Crippen LogP contribution in [0.4, 0.5) is 11.5 Å². The summed E-state index contributed by atoms with van der Waals surface area (Å²) in [5.74, 6) is 7.99. The summed E-state index contributed by atoms with van der Waals surface area (Å²) in [6.07, 6.45) is 4.34. The first-order chi connectivity index (χ1) is 17.6. The molecule has 5 rings (SSSR count). The van der Waals surface area contributed by atoms with Crippen LogP contribution in [0.1, 0.15) is 24.5 Å². The van der Waals surface area contributed by atoms with Gasteiger partial charge >= 0.3 is 0 Å². The minimum atomic E-state index is 0.0937. The molecular weight excluding hydrogens is 448 g/mol. The van der Waals surface area contributed by atoms with Gasteiger partial charge in [0.2, 0.25) is 5.91 Å². The van der Waals surface area contributed by atoms with Crippen LogP contribution in [-0.4, -0.2) is 33.9 Å². The quantitative estimate of drug-likeness (QED) is 0.285. The van der Waals surface area contributed by atoms with Crippen molar-refractivity contribution in [3.63, 3.8) is 0 Å². The van der Waals surface area contributed by atoms with Crippen molar-refractivity contribution < 1.29 is 9.63 Å². The zero-order valence-corrected chi connectivity index (χ0v) is 20.3. The lowest BCUT2D eigenvalue weighted by Gasteiger charge is -2.24. The van der Waals surface area contributed by atoms with Gasteiger partial charge in [-0.3, -0.25) is 4.79 Å². The highest BCUT2D eigenvalue weighted by Crippen LogP contribution is 2.31. The average molecular weight is 475 g/mol. The monoisotopic (exact) mass is 474 g/mol. The number of rotatable bonds is 4. The molecule has 0 saturated carbocycles. The molecular formula is C30H26N4O2. The van der Waals surface area contributed by atoms with Gasteiger partial charge in [-0.1, -0.05) is 48.2 Å². The zero-order valence-electron chi connectivity index (χ0n) is 20.3. The van der Waals surface area contributed by atoms with E-state index in [4.69, 9.17) is 4.84 Å². The molecule has 6 nitrogen and oxygen atoms in total. The van der Waals surface area contributed by atoms with Gasteiger partial charge in [0.1, 0.15) is 6.33 Å². The molecule has 3 aromatic carbocycles. The van der Waals surface area contributed by atoms with Crippen LogP contribution in [0.2, 0.25) is 0 Å². The Morgan fingerprint density at radius 3 is 2.61 bits per heavy atom. The maximum atomic E-state index is 11.6. The predicted octanol–water partition coefficient (Wildman–Crippen LogP) is 5.60. The second kappa shape index (κ2) is 10.3. The molecule has 1 amide bonds. The van der Waals surface area contributed by atoms with E-state index in [9.17, 15) is 4.79 Å². The van der Waals surface area contributed by atoms with Gasteiger partial charge in [0, 0.05) is 36.5 Å². The summed E-state index contributed by atoms with van der Waals surface area (Å²) in [6.45, 7) is 4.94. The molecule has 0 atom stereocenters. The number of hydrogen-bond acceptors (Lipinski definition) is 5. The number of para-hydroxylation sites is 1. The van der Waals surface area contributed by atoms with Crippen molar-refractivity contribution >= 4 is 28.3 Å². The van der Waals surface area contributed by atoms with Gasteiger partial charge in [-0.25, -0.2) is 9.97 Å². The number of hydrogen-bond donors (Lipinski definition) is 0. The Balaban J connectivity index is 1.52. The molecule has 0 bridgehead atoms. The number of aryl methyl sites for hydroxylation is 1. The first-order valence-electron chi connectivity index (χ1n) is 11.9.